The van der Waals surface area contributed by atoms with Crippen molar-refractivity contribution in [3.8, 4) is 0 Å². The highest BCUT2D eigenvalue weighted by atomic mass is 15.3. The molecule has 0 saturated heterocycles. The smallest absolute Gasteiger partial charge is 0.150 e. The molecule has 2 rings (SSSR count). The fraction of sp³-hybridized carbons (Fsp3) is 0.833. The predicted molar refractivity (Wildman–Crippen MR) is 64.4 cm³/mol. The standard InChI is InChI=1S/C12H22N4/c1-4-6-9(3)11-14-15-12-10(5-2)13-7-8-16(11)12/h9-10,13H,4-8H2,1-3H3. The lowest BCUT2D eigenvalue weighted by Crippen LogP contribution is -2.34. The zero-order valence-electron chi connectivity index (χ0n) is 10.5. The number of nitrogens with zero attached hydrogens (tertiary/aromatic N) is 3. The first-order valence-electron chi connectivity index (χ1n) is 6.44. The van der Waals surface area contributed by atoms with Crippen LogP contribution in [0.5, 0.6) is 0 Å². The number of hydrogen-bond acceptors (Lipinski definition) is 3. The largest absolute Gasteiger partial charge is 0.312 e. The van der Waals surface area contributed by atoms with Crippen molar-refractivity contribution in [2.75, 3.05) is 6.54 Å². The van der Waals surface area contributed by atoms with Crippen LogP contribution in [0.4, 0.5) is 0 Å². The van der Waals surface area contributed by atoms with Gasteiger partial charge in [-0.1, -0.05) is 27.2 Å². The van der Waals surface area contributed by atoms with Crippen LogP contribution in [0.3, 0.4) is 0 Å². The third kappa shape index (κ3) is 1.98. The first-order valence-corrected chi connectivity index (χ1v) is 6.44. The van der Waals surface area contributed by atoms with Crippen LogP contribution in [-0.2, 0) is 6.54 Å². The summed E-state index contributed by atoms with van der Waals surface area (Å²) in [5.41, 5.74) is 0. The molecule has 0 saturated carbocycles. The van der Waals surface area contributed by atoms with Crippen LogP contribution < -0.4 is 5.32 Å². The van der Waals surface area contributed by atoms with Crippen molar-refractivity contribution in [1.82, 2.24) is 20.1 Å². The summed E-state index contributed by atoms with van der Waals surface area (Å²) in [6, 6.07) is 0.392. The second-order valence-electron chi connectivity index (χ2n) is 4.67. The maximum atomic E-state index is 4.39. The second-order valence-corrected chi connectivity index (χ2v) is 4.67. The summed E-state index contributed by atoms with van der Waals surface area (Å²) in [4.78, 5) is 0. The van der Waals surface area contributed by atoms with Crippen LogP contribution in [0.15, 0.2) is 0 Å². The average Bonchev–Trinajstić information content (AvgIpc) is 2.72. The van der Waals surface area contributed by atoms with Crippen molar-refractivity contribution in [3.05, 3.63) is 11.6 Å². The molecule has 0 fully saturated rings. The molecule has 0 spiro atoms. The average molecular weight is 222 g/mol. The lowest BCUT2D eigenvalue weighted by molar-refractivity contribution is 0.394. The van der Waals surface area contributed by atoms with E-state index < -0.39 is 0 Å². The SMILES string of the molecule is CCCC(C)c1nnc2n1CCNC2CC. The Morgan fingerprint density at radius 1 is 1.44 bits per heavy atom. The Morgan fingerprint density at radius 3 is 2.94 bits per heavy atom. The number of rotatable bonds is 4. The predicted octanol–water partition coefficient (Wildman–Crippen LogP) is 2.24. The molecule has 2 unspecified atom stereocenters. The summed E-state index contributed by atoms with van der Waals surface area (Å²) in [7, 11) is 0. The maximum Gasteiger partial charge on any atom is 0.150 e. The van der Waals surface area contributed by atoms with Crippen molar-refractivity contribution >= 4 is 0 Å². The van der Waals surface area contributed by atoms with Gasteiger partial charge in [0.25, 0.3) is 0 Å². The van der Waals surface area contributed by atoms with Crippen molar-refractivity contribution in [3.63, 3.8) is 0 Å². The Morgan fingerprint density at radius 2 is 2.25 bits per heavy atom. The molecule has 90 valence electrons. The summed E-state index contributed by atoms with van der Waals surface area (Å²) in [5.74, 6) is 2.84. The van der Waals surface area contributed by atoms with E-state index in [-0.39, 0.29) is 0 Å². The first-order chi connectivity index (χ1) is 7.77. The van der Waals surface area contributed by atoms with Crippen LogP contribution >= 0.6 is 0 Å². The molecule has 1 aromatic rings. The van der Waals surface area contributed by atoms with Crippen molar-refractivity contribution in [2.24, 2.45) is 0 Å². The van der Waals surface area contributed by atoms with E-state index in [9.17, 15) is 0 Å². The molecule has 0 radical (unpaired) electrons. The molecule has 2 atom stereocenters. The lowest BCUT2D eigenvalue weighted by Gasteiger charge is -2.25. The molecule has 0 amide bonds. The van der Waals surface area contributed by atoms with E-state index in [1.54, 1.807) is 0 Å². The molecule has 4 heteroatoms. The zero-order chi connectivity index (χ0) is 11.5. The number of hydrogen-bond donors (Lipinski definition) is 1. The van der Waals surface area contributed by atoms with Gasteiger partial charge in [-0.05, 0) is 12.8 Å². The molecule has 1 aromatic heterocycles. The summed E-state index contributed by atoms with van der Waals surface area (Å²) in [6.45, 7) is 8.72. The summed E-state index contributed by atoms with van der Waals surface area (Å²) < 4.78 is 2.32. The van der Waals surface area contributed by atoms with E-state index in [0.29, 0.717) is 12.0 Å². The summed E-state index contributed by atoms with van der Waals surface area (Å²) >= 11 is 0. The highest BCUT2D eigenvalue weighted by molar-refractivity contribution is 5.07. The molecular formula is C12H22N4. The molecule has 0 aromatic carbocycles. The minimum absolute atomic E-state index is 0.392. The van der Waals surface area contributed by atoms with Gasteiger partial charge in [-0.15, -0.1) is 10.2 Å². The summed E-state index contributed by atoms with van der Waals surface area (Å²) in [5, 5.41) is 12.2. The topological polar surface area (TPSA) is 42.7 Å². The van der Waals surface area contributed by atoms with E-state index >= 15 is 0 Å². The second kappa shape index (κ2) is 4.95. The Kier molecular flexibility index (Phi) is 3.59. The van der Waals surface area contributed by atoms with Crippen LogP contribution in [-0.4, -0.2) is 21.3 Å². The highest BCUT2D eigenvalue weighted by Gasteiger charge is 2.25. The third-order valence-electron chi connectivity index (χ3n) is 3.42. The Labute approximate surface area is 97.5 Å². The van der Waals surface area contributed by atoms with E-state index in [4.69, 9.17) is 0 Å². The van der Waals surface area contributed by atoms with Crippen LogP contribution in [0.1, 0.15) is 63.6 Å². The van der Waals surface area contributed by atoms with Crippen LogP contribution in [0, 0.1) is 0 Å². The third-order valence-corrected chi connectivity index (χ3v) is 3.42. The fourth-order valence-corrected chi connectivity index (χ4v) is 2.51. The van der Waals surface area contributed by atoms with Crippen molar-refractivity contribution in [2.45, 2.75) is 58.5 Å². The fourth-order valence-electron chi connectivity index (χ4n) is 2.51. The van der Waals surface area contributed by atoms with Gasteiger partial charge in [0.15, 0.2) is 0 Å². The normalized spacial score (nSPS) is 21.8. The molecule has 4 nitrogen and oxygen atoms in total. The van der Waals surface area contributed by atoms with E-state index in [1.807, 2.05) is 0 Å². The van der Waals surface area contributed by atoms with E-state index in [1.165, 1.54) is 18.7 Å². The Hall–Kier alpha value is -0.900. The van der Waals surface area contributed by atoms with Gasteiger partial charge in [-0.3, -0.25) is 0 Å². The highest BCUT2D eigenvalue weighted by Crippen LogP contribution is 2.25. The van der Waals surface area contributed by atoms with Crippen LogP contribution in [0.2, 0.25) is 0 Å². The lowest BCUT2D eigenvalue weighted by atomic mass is 10.0. The van der Waals surface area contributed by atoms with Gasteiger partial charge in [0.2, 0.25) is 0 Å². The van der Waals surface area contributed by atoms with Gasteiger partial charge in [0, 0.05) is 19.0 Å². The number of fused-ring (bicyclic) bond motifs is 1. The van der Waals surface area contributed by atoms with Gasteiger partial charge in [-0.25, -0.2) is 0 Å². The van der Waals surface area contributed by atoms with Gasteiger partial charge >= 0.3 is 0 Å². The minimum atomic E-state index is 0.392. The van der Waals surface area contributed by atoms with Gasteiger partial charge in [-0.2, -0.15) is 0 Å². The Balaban J connectivity index is 2.25. The van der Waals surface area contributed by atoms with Crippen molar-refractivity contribution < 1.29 is 0 Å². The van der Waals surface area contributed by atoms with Gasteiger partial charge in [0.05, 0.1) is 6.04 Å². The molecule has 1 aliphatic rings. The molecule has 1 N–H and O–H groups in total. The molecule has 2 heterocycles. The Bertz CT molecular complexity index is 345. The van der Waals surface area contributed by atoms with Crippen molar-refractivity contribution in [1.29, 1.82) is 0 Å². The molecule has 0 bridgehead atoms. The zero-order valence-corrected chi connectivity index (χ0v) is 10.5. The van der Waals surface area contributed by atoms with Gasteiger partial charge < -0.3 is 9.88 Å². The maximum absolute atomic E-state index is 4.39. The quantitative estimate of drug-likeness (QED) is 0.849. The minimum Gasteiger partial charge on any atom is -0.312 e. The molecule has 0 aliphatic carbocycles. The van der Waals surface area contributed by atoms with Gasteiger partial charge in [0.1, 0.15) is 11.6 Å². The monoisotopic (exact) mass is 222 g/mol. The van der Waals surface area contributed by atoms with E-state index in [0.717, 1.165) is 25.3 Å². The molecule has 16 heavy (non-hydrogen) atoms. The summed E-state index contributed by atoms with van der Waals surface area (Å²) in [6.07, 6.45) is 3.49. The number of nitrogens with one attached hydrogen (secondary N) is 1. The first kappa shape index (κ1) is 11.6. The molecule has 1 aliphatic heterocycles. The number of aromatic nitrogens is 3. The van der Waals surface area contributed by atoms with E-state index in [2.05, 4.69) is 40.9 Å². The molecular weight excluding hydrogens is 200 g/mol. The van der Waals surface area contributed by atoms with Crippen LogP contribution in [0.25, 0.3) is 0 Å².